The molecule has 1 aliphatic heterocycles. The highest BCUT2D eigenvalue weighted by atomic mass is 16.2. The van der Waals surface area contributed by atoms with Crippen LogP contribution in [0.4, 0.5) is 5.82 Å². The molecule has 0 bridgehead atoms. The molecular formula is C16H22N6O. The third-order valence-corrected chi connectivity index (χ3v) is 4.45. The Hall–Kier alpha value is -2.44. The van der Waals surface area contributed by atoms with Gasteiger partial charge < -0.3 is 10.2 Å². The standard InChI is InChI=1S/C16H22N6O/c1-16(2,22-11-18-10-20-22)15(23)21-8-4-5-13(21)12-6-7-19-14(9-12)17-3/h6-7,9-11,13H,4-5,8H2,1-3H3,(H,17,19). The monoisotopic (exact) mass is 314 g/mol. The summed E-state index contributed by atoms with van der Waals surface area (Å²) in [5, 5.41) is 7.19. The molecule has 1 unspecified atom stereocenters. The molecule has 0 saturated carbocycles. The van der Waals surface area contributed by atoms with Crippen LogP contribution in [-0.2, 0) is 10.3 Å². The van der Waals surface area contributed by atoms with E-state index < -0.39 is 5.54 Å². The first-order chi connectivity index (χ1) is 11.0. The fraction of sp³-hybridized carbons (Fsp3) is 0.500. The summed E-state index contributed by atoms with van der Waals surface area (Å²) in [6, 6.07) is 4.08. The second kappa shape index (κ2) is 5.98. The van der Waals surface area contributed by atoms with Crippen LogP contribution in [0.3, 0.4) is 0 Å². The largest absolute Gasteiger partial charge is 0.373 e. The molecule has 122 valence electrons. The Labute approximate surface area is 135 Å². The minimum absolute atomic E-state index is 0.0633. The second-order valence-electron chi connectivity index (χ2n) is 6.28. The minimum Gasteiger partial charge on any atom is -0.373 e. The maximum absolute atomic E-state index is 13.1. The van der Waals surface area contributed by atoms with Crippen LogP contribution in [0.5, 0.6) is 0 Å². The van der Waals surface area contributed by atoms with Gasteiger partial charge in [0.2, 0.25) is 0 Å². The van der Waals surface area contributed by atoms with Crippen LogP contribution in [0.15, 0.2) is 31.0 Å². The first kappa shape index (κ1) is 15.5. The summed E-state index contributed by atoms with van der Waals surface area (Å²) in [6.45, 7) is 4.52. The molecule has 3 rings (SSSR count). The Balaban J connectivity index is 1.88. The van der Waals surface area contributed by atoms with Gasteiger partial charge in [0.05, 0.1) is 6.04 Å². The maximum Gasteiger partial charge on any atom is 0.250 e. The van der Waals surface area contributed by atoms with Gasteiger partial charge in [-0.05, 0) is 44.4 Å². The van der Waals surface area contributed by atoms with Gasteiger partial charge in [0.1, 0.15) is 24.0 Å². The van der Waals surface area contributed by atoms with Gasteiger partial charge in [-0.15, -0.1) is 0 Å². The van der Waals surface area contributed by atoms with Crippen molar-refractivity contribution in [3.05, 3.63) is 36.5 Å². The number of nitrogens with zero attached hydrogens (tertiary/aromatic N) is 5. The second-order valence-corrected chi connectivity index (χ2v) is 6.28. The van der Waals surface area contributed by atoms with Crippen LogP contribution in [0, 0.1) is 0 Å². The summed E-state index contributed by atoms with van der Waals surface area (Å²) < 4.78 is 1.62. The van der Waals surface area contributed by atoms with E-state index >= 15 is 0 Å². The first-order valence-corrected chi connectivity index (χ1v) is 7.84. The highest BCUT2D eigenvalue weighted by Crippen LogP contribution is 2.35. The molecule has 3 heterocycles. The fourth-order valence-corrected chi connectivity index (χ4v) is 3.09. The van der Waals surface area contributed by atoms with Crippen molar-refractivity contribution >= 4 is 11.7 Å². The molecule has 1 fully saturated rings. The van der Waals surface area contributed by atoms with Crippen LogP contribution in [0.25, 0.3) is 0 Å². The van der Waals surface area contributed by atoms with E-state index in [-0.39, 0.29) is 11.9 Å². The lowest BCUT2D eigenvalue weighted by molar-refractivity contribution is -0.140. The molecule has 1 N–H and O–H groups in total. The van der Waals surface area contributed by atoms with Gasteiger partial charge in [0.15, 0.2) is 0 Å². The summed E-state index contributed by atoms with van der Waals surface area (Å²) >= 11 is 0. The fourth-order valence-electron chi connectivity index (χ4n) is 3.09. The smallest absolute Gasteiger partial charge is 0.250 e. The molecule has 1 amide bonds. The van der Waals surface area contributed by atoms with Gasteiger partial charge in [-0.2, -0.15) is 5.10 Å². The van der Waals surface area contributed by atoms with Gasteiger partial charge >= 0.3 is 0 Å². The summed E-state index contributed by atoms with van der Waals surface area (Å²) in [5.74, 6) is 0.880. The Bertz CT molecular complexity index is 682. The van der Waals surface area contributed by atoms with E-state index in [9.17, 15) is 4.79 Å². The van der Waals surface area contributed by atoms with Gasteiger partial charge in [0, 0.05) is 19.8 Å². The first-order valence-electron chi connectivity index (χ1n) is 7.84. The van der Waals surface area contributed by atoms with Gasteiger partial charge in [-0.3, -0.25) is 4.79 Å². The minimum atomic E-state index is -0.752. The number of carbonyl (C=O) groups is 1. The van der Waals surface area contributed by atoms with E-state index in [2.05, 4.69) is 20.4 Å². The van der Waals surface area contributed by atoms with Crippen molar-refractivity contribution in [3.8, 4) is 0 Å². The molecule has 1 aliphatic rings. The Morgan fingerprint density at radius 2 is 2.26 bits per heavy atom. The molecule has 0 radical (unpaired) electrons. The molecule has 0 aromatic carbocycles. The van der Waals surface area contributed by atoms with E-state index in [0.717, 1.165) is 30.8 Å². The van der Waals surface area contributed by atoms with E-state index in [1.807, 2.05) is 37.9 Å². The van der Waals surface area contributed by atoms with E-state index in [1.54, 1.807) is 17.2 Å². The number of amides is 1. The van der Waals surface area contributed by atoms with E-state index in [4.69, 9.17) is 0 Å². The van der Waals surface area contributed by atoms with Crippen molar-refractivity contribution in [2.75, 3.05) is 18.9 Å². The zero-order valence-electron chi connectivity index (χ0n) is 13.7. The highest BCUT2D eigenvalue weighted by molar-refractivity contribution is 5.84. The van der Waals surface area contributed by atoms with Gasteiger partial charge in [-0.1, -0.05) is 0 Å². The number of hydrogen-bond acceptors (Lipinski definition) is 5. The molecule has 0 aliphatic carbocycles. The zero-order chi connectivity index (χ0) is 16.4. The molecule has 1 atom stereocenters. The van der Waals surface area contributed by atoms with Crippen molar-refractivity contribution in [2.24, 2.45) is 0 Å². The molecular weight excluding hydrogens is 292 g/mol. The summed E-state index contributed by atoms with van der Waals surface area (Å²) in [5.41, 5.74) is 0.363. The van der Waals surface area contributed by atoms with Crippen molar-refractivity contribution < 1.29 is 4.79 Å². The Morgan fingerprint density at radius 3 is 2.96 bits per heavy atom. The lowest BCUT2D eigenvalue weighted by Gasteiger charge is -2.33. The van der Waals surface area contributed by atoms with Crippen LogP contribution in [-0.4, -0.2) is 44.1 Å². The Kier molecular flexibility index (Phi) is 4.02. The molecule has 1 saturated heterocycles. The highest BCUT2D eigenvalue weighted by Gasteiger charge is 2.40. The Morgan fingerprint density at radius 1 is 1.43 bits per heavy atom. The SMILES string of the molecule is CNc1cc(C2CCCN2C(=O)C(C)(C)n2cncn2)ccn1. The number of aromatic nitrogens is 4. The van der Waals surface area contributed by atoms with Crippen LogP contribution in [0.1, 0.15) is 38.3 Å². The predicted molar refractivity (Wildman–Crippen MR) is 86.8 cm³/mol. The topological polar surface area (TPSA) is 75.9 Å². The number of carbonyl (C=O) groups excluding carboxylic acids is 1. The van der Waals surface area contributed by atoms with Gasteiger partial charge in [-0.25, -0.2) is 14.6 Å². The summed E-state index contributed by atoms with van der Waals surface area (Å²) in [4.78, 5) is 23.3. The van der Waals surface area contributed by atoms with Crippen LogP contribution in [0.2, 0.25) is 0 Å². The number of pyridine rings is 1. The lowest BCUT2D eigenvalue weighted by atomic mass is 10.0. The number of hydrogen-bond donors (Lipinski definition) is 1. The number of anilines is 1. The predicted octanol–water partition coefficient (Wildman–Crippen LogP) is 1.81. The van der Waals surface area contributed by atoms with Crippen molar-refractivity contribution in [1.82, 2.24) is 24.6 Å². The van der Waals surface area contributed by atoms with Crippen molar-refractivity contribution in [1.29, 1.82) is 0 Å². The number of rotatable bonds is 4. The van der Waals surface area contributed by atoms with Crippen molar-refractivity contribution in [3.63, 3.8) is 0 Å². The quantitative estimate of drug-likeness (QED) is 0.931. The summed E-state index contributed by atoms with van der Waals surface area (Å²) in [7, 11) is 1.84. The third kappa shape index (κ3) is 2.78. The third-order valence-electron chi connectivity index (χ3n) is 4.45. The number of nitrogens with one attached hydrogen (secondary N) is 1. The van der Waals surface area contributed by atoms with E-state index in [1.165, 1.54) is 6.33 Å². The lowest BCUT2D eigenvalue weighted by Crippen LogP contribution is -2.47. The molecule has 7 nitrogen and oxygen atoms in total. The molecule has 7 heteroatoms. The van der Waals surface area contributed by atoms with Gasteiger partial charge in [0.25, 0.3) is 5.91 Å². The van der Waals surface area contributed by atoms with Crippen LogP contribution < -0.4 is 5.32 Å². The normalized spacial score (nSPS) is 18.2. The molecule has 0 spiro atoms. The zero-order valence-corrected chi connectivity index (χ0v) is 13.7. The van der Waals surface area contributed by atoms with Crippen LogP contribution >= 0.6 is 0 Å². The average molecular weight is 314 g/mol. The molecule has 23 heavy (non-hydrogen) atoms. The maximum atomic E-state index is 13.1. The molecule has 2 aromatic rings. The molecule has 2 aromatic heterocycles. The van der Waals surface area contributed by atoms with E-state index in [0.29, 0.717) is 0 Å². The average Bonchev–Trinajstić information content (AvgIpc) is 3.25. The number of likely N-dealkylation sites (tertiary alicyclic amines) is 1. The summed E-state index contributed by atoms with van der Waals surface area (Å²) in [6.07, 6.45) is 6.80. The van der Waals surface area contributed by atoms with Crippen molar-refractivity contribution in [2.45, 2.75) is 38.3 Å².